The fourth-order valence-corrected chi connectivity index (χ4v) is 2.15. The van der Waals surface area contributed by atoms with Gasteiger partial charge >= 0.3 is 0 Å². The lowest BCUT2D eigenvalue weighted by molar-refractivity contribution is 0.183. The summed E-state index contributed by atoms with van der Waals surface area (Å²) < 4.78 is 5.19. The van der Waals surface area contributed by atoms with E-state index in [1.165, 1.54) is 16.7 Å². The van der Waals surface area contributed by atoms with Crippen LogP contribution in [0.2, 0.25) is 0 Å². The first-order valence-corrected chi connectivity index (χ1v) is 6.48. The molecule has 0 aromatic heterocycles. The minimum Gasteiger partial charge on any atom is -0.385 e. The highest BCUT2D eigenvalue weighted by molar-refractivity contribution is 5.30. The van der Waals surface area contributed by atoms with Crippen LogP contribution in [-0.4, -0.2) is 20.3 Å². The zero-order chi connectivity index (χ0) is 12.7. The van der Waals surface area contributed by atoms with Crippen LogP contribution < -0.4 is 5.32 Å². The number of ether oxygens (including phenoxy) is 1. The molecule has 1 aromatic carbocycles. The van der Waals surface area contributed by atoms with Gasteiger partial charge < -0.3 is 10.1 Å². The van der Waals surface area contributed by atoms with Gasteiger partial charge in [-0.05, 0) is 38.8 Å². The Balaban J connectivity index is 2.78. The average molecular weight is 235 g/mol. The molecule has 0 saturated heterocycles. The van der Waals surface area contributed by atoms with Gasteiger partial charge in [-0.25, -0.2) is 0 Å². The zero-order valence-electron chi connectivity index (χ0n) is 11.5. The Kier molecular flexibility index (Phi) is 6.23. The predicted octanol–water partition coefficient (Wildman–Crippen LogP) is 3.38. The first-order chi connectivity index (χ1) is 8.17. The van der Waals surface area contributed by atoms with Gasteiger partial charge in [0.2, 0.25) is 0 Å². The molecule has 0 heterocycles. The van der Waals surface area contributed by atoms with Crippen LogP contribution >= 0.6 is 0 Å². The Hall–Kier alpha value is -0.860. The van der Waals surface area contributed by atoms with Crippen LogP contribution in [0.4, 0.5) is 0 Å². The van der Waals surface area contributed by atoms with Crippen molar-refractivity contribution < 1.29 is 4.74 Å². The molecule has 0 radical (unpaired) electrons. The van der Waals surface area contributed by atoms with Crippen molar-refractivity contribution >= 4 is 0 Å². The fourth-order valence-electron chi connectivity index (χ4n) is 2.15. The topological polar surface area (TPSA) is 21.3 Å². The maximum absolute atomic E-state index is 5.19. The minimum absolute atomic E-state index is 0.411. The molecule has 2 heteroatoms. The summed E-state index contributed by atoms with van der Waals surface area (Å²) in [5, 5.41) is 3.59. The van der Waals surface area contributed by atoms with E-state index in [4.69, 9.17) is 4.74 Å². The lowest BCUT2D eigenvalue weighted by atomic mass is 9.99. The van der Waals surface area contributed by atoms with E-state index in [0.29, 0.717) is 6.04 Å². The molecule has 0 aliphatic rings. The SMILES string of the molecule is CCCNC(CCOC)c1cc(C)cc(C)c1. The summed E-state index contributed by atoms with van der Waals surface area (Å²) in [5.41, 5.74) is 4.05. The third kappa shape index (κ3) is 4.88. The summed E-state index contributed by atoms with van der Waals surface area (Å²) in [6.07, 6.45) is 2.19. The second-order valence-corrected chi connectivity index (χ2v) is 4.71. The predicted molar refractivity (Wildman–Crippen MR) is 73.4 cm³/mol. The summed E-state index contributed by atoms with van der Waals surface area (Å²) in [5.74, 6) is 0. The average Bonchev–Trinajstić information content (AvgIpc) is 2.28. The molecule has 0 bridgehead atoms. The van der Waals surface area contributed by atoms with Crippen molar-refractivity contribution in [1.29, 1.82) is 0 Å². The molecule has 0 amide bonds. The van der Waals surface area contributed by atoms with E-state index in [2.05, 4.69) is 44.3 Å². The maximum atomic E-state index is 5.19. The van der Waals surface area contributed by atoms with Gasteiger partial charge in [-0.15, -0.1) is 0 Å². The number of benzene rings is 1. The van der Waals surface area contributed by atoms with Crippen LogP contribution in [0.25, 0.3) is 0 Å². The highest BCUT2D eigenvalue weighted by atomic mass is 16.5. The van der Waals surface area contributed by atoms with Crippen molar-refractivity contribution in [3.05, 3.63) is 34.9 Å². The van der Waals surface area contributed by atoms with E-state index >= 15 is 0 Å². The first-order valence-electron chi connectivity index (χ1n) is 6.48. The van der Waals surface area contributed by atoms with Crippen LogP contribution in [0.1, 0.15) is 42.5 Å². The Labute approximate surface area is 105 Å². The van der Waals surface area contributed by atoms with E-state index in [1.54, 1.807) is 7.11 Å². The molecule has 0 fully saturated rings. The Morgan fingerprint density at radius 1 is 1.18 bits per heavy atom. The monoisotopic (exact) mass is 235 g/mol. The molecular weight excluding hydrogens is 210 g/mol. The van der Waals surface area contributed by atoms with Gasteiger partial charge in [0, 0.05) is 19.8 Å². The van der Waals surface area contributed by atoms with Crippen LogP contribution in [0.15, 0.2) is 18.2 Å². The molecule has 0 aliphatic heterocycles. The van der Waals surface area contributed by atoms with Crippen molar-refractivity contribution in [2.75, 3.05) is 20.3 Å². The second kappa shape index (κ2) is 7.46. The molecule has 0 spiro atoms. The first kappa shape index (κ1) is 14.2. The maximum Gasteiger partial charge on any atom is 0.0480 e. The van der Waals surface area contributed by atoms with Crippen molar-refractivity contribution in [3.8, 4) is 0 Å². The van der Waals surface area contributed by atoms with Crippen molar-refractivity contribution in [2.24, 2.45) is 0 Å². The van der Waals surface area contributed by atoms with E-state index in [-0.39, 0.29) is 0 Å². The molecule has 1 unspecified atom stereocenters. The highest BCUT2D eigenvalue weighted by Crippen LogP contribution is 2.20. The number of rotatable bonds is 7. The van der Waals surface area contributed by atoms with Gasteiger partial charge in [0.1, 0.15) is 0 Å². The Morgan fingerprint density at radius 2 is 1.82 bits per heavy atom. The number of aryl methyl sites for hydroxylation is 2. The summed E-state index contributed by atoms with van der Waals surface area (Å²) in [7, 11) is 1.76. The van der Waals surface area contributed by atoms with Crippen LogP contribution in [0.3, 0.4) is 0 Å². The standard InChI is InChI=1S/C15H25NO/c1-5-7-16-15(6-8-17-4)14-10-12(2)9-13(3)11-14/h9-11,15-16H,5-8H2,1-4H3. The van der Waals surface area contributed by atoms with Gasteiger partial charge in [-0.1, -0.05) is 36.2 Å². The molecule has 96 valence electrons. The molecule has 0 aliphatic carbocycles. The van der Waals surface area contributed by atoms with Gasteiger partial charge in [0.05, 0.1) is 0 Å². The van der Waals surface area contributed by atoms with Crippen molar-refractivity contribution in [1.82, 2.24) is 5.32 Å². The smallest absolute Gasteiger partial charge is 0.0480 e. The number of methoxy groups -OCH3 is 1. The van der Waals surface area contributed by atoms with Gasteiger partial charge in [0.25, 0.3) is 0 Å². The molecule has 2 nitrogen and oxygen atoms in total. The molecule has 17 heavy (non-hydrogen) atoms. The van der Waals surface area contributed by atoms with Gasteiger partial charge in [-0.2, -0.15) is 0 Å². The lowest BCUT2D eigenvalue weighted by Crippen LogP contribution is -2.23. The van der Waals surface area contributed by atoms with Gasteiger partial charge in [0.15, 0.2) is 0 Å². The Morgan fingerprint density at radius 3 is 2.35 bits per heavy atom. The molecule has 1 N–H and O–H groups in total. The van der Waals surface area contributed by atoms with Crippen LogP contribution in [0, 0.1) is 13.8 Å². The lowest BCUT2D eigenvalue weighted by Gasteiger charge is -2.19. The third-order valence-corrected chi connectivity index (χ3v) is 2.90. The zero-order valence-corrected chi connectivity index (χ0v) is 11.5. The van der Waals surface area contributed by atoms with Crippen molar-refractivity contribution in [2.45, 2.75) is 39.7 Å². The van der Waals surface area contributed by atoms with E-state index < -0.39 is 0 Å². The van der Waals surface area contributed by atoms with Gasteiger partial charge in [-0.3, -0.25) is 0 Å². The van der Waals surface area contributed by atoms with E-state index in [0.717, 1.165) is 26.0 Å². The summed E-state index contributed by atoms with van der Waals surface area (Å²) in [4.78, 5) is 0. The number of hydrogen-bond donors (Lipinski definition) is 1. The normalized spacial score (nSPS) is 12.7. The molecule has 1 rings (SSSR count). The van der Waals surface area contributed by atoms with E-state index in [9.17, 15) is 0 Å². The van der Waals surface area contributed by atoms with Crippen LogP contribution in [-0.2, 0) is 4.74 Å². The number of hydrogen-bond acceptors (Lipinski definition) is 2. The highest BCUT2D eigenvalue weighted by Gasteiger charge is 2.10. The molecule has 1 aromatic rings. The number of nitrogens with one attached hydrogen (secondary N) is 1. The summed E-state index contributed by atoms with van der Waals surface area (Å²) in [6.45, 7) is 8.37. The molecule has 0 saturated carbocycles. The van der Waals surface area contributed by atoms with E-state index in [1.807, 2.05) is 0 Å². The largest absolute Gasteiger partial charge is 0.385 e. The minimum atomic E-state index is 0.411. The Bertz CT molecular complexity index is 307. The fraction of sp³-hybridized carbons (Fsp3) is 0.600. The summed E-state index contributed by atoms with van der Waals surface area (Å²) in [6, 6.07) is 7.18. The molecular formula is C15H25NO. The second-order valence-electron chi connectivity index (χ2n) is 4.71. The summed E-state index contributed by atoms with van der Waals surface area (Å²) >= 11 is 0. The third-order valence-electron chi connectivity index (χ3n) is 2.90. The van der Waals surface area contributed by atoms with Crippen LogP contribution in [0.5, 0.6) is 0 Å². The molecule has 1 atom stereocenters. The quantitative estimate of drug-likeness (QED) is 0.782. The van der Waals surface area contributed by atoms with Crippen molar-refractivity contribution in [3.63, 3.8) is 0 Å².